The van der Waals surface area contributed by atoms with Crippen LogP contribution in [-0.2, 0) is 17.8 Å². The molecule has 2 heterocycles. The van der Waals surface area contributed by atoms with Gasteiger partial charge >= 0.3 is 5.97 Å². The van der Waals surface area contributed by atoms with Gasteiger partial charge in [-0.3, -0.25) is 14.2 Å². The third-order valence-electron chi connectivity index (χ3n) is 2.75. The van der Waals surface area contributed by atoms with E-state index in [1.807, 2.05) is 19.2 Å². The largest absolute Gasteiger partial charge is 0.481 e. The van der Waals surface area contributed by atoms with Crippen LogP contribution in [0.2, 0.25) is 0 Å². The molecule has 2 rings (SSSR count). The van der Waals surface area contributed by atoms with Crippen LogP contribution in [-0.4, -0.2) is 26.9 Å². The highest BCUT2D eigenvalue weighted by Crippen LogP contribution is 2.24. The number of thiophene rings is 1. The van der Waals surface area contributed by atoms with Gasteiger partial charge in [-0.1, -0.05) is 18.7 Å². The zero-order valence-electron chi connectivity index (χ0n) is 10.7. The van der Waals surface area contributed by atoms with Crippen molar-refractivity contribution in [3.8, 4) is 0 Å². The molecule has 0 bridgehead atoms. The quantitative estimate of drug-likeness (QED) is 0.677. The molecule has 0 amide bonds. The van der Waals surface area contributed by atoms with Crippen LogP contribution >= 0.6 is 23.1 Å². The third kappa shape index (κ3) is 2.82. The van der Waals surface area contributed by atoms with Crippen molar-refractivity contribution in [3.63, 3.8) is 0 Å². The predicted octanol–water partition coefficient (Wildman–Crippen LogP) is 2.22. The SMILES string of the molecule is CCc1cc2c(=O)n(CCC(=O)O)c(SC)nc2s1. The van der Waals surface area contributed by atoms with E-state index in [1.165, 1.54) is 27.7 Å². The molecule has 0 aliphatic heterocycles. The fraction of sp³-hybridized carbons (Fsp3) is 0.417. The Labute approximate surface area is 118 Å². The lowest BCUT2D eigenvalue weighted by molar-refractivity contribution is -0.137. The number of hydrogen-bond acceptors (Lipinski definition) is 5. The van der Waals surface area contributed by atoms with Gasteiger partial charge in [0, 0.05) is 11.4 Å². The molecule has 102 valence electrons. The molecule has 5 nitrogen and oxygen atoms in total. The molecule has 7 heteroatoms. The summed E-state index contributed by atoms with van der Waals surface area (Å²) in [6, 6.07) is 1.86. The first-order chi connectivity index (χ1) is 9.06. The zero-order valence-corrected chi connectivity index (χ0v) is 12.3. The van der Waals surface area contributed by atoms with Crippen molar-refractivity contribution in [1.29, 1.82) is 0 Å². The van der Waals surface area contributed by atoms with E-state index in [0.717, 1.165) is 16.1 Å². The molecule has 19 heavy (non-hydrogen) atoms. The van der Waals surface area contributed by atoms with E-state index in [1.54, 1.807) is 0 Å². The van der Waals surface area contributed by atoms with Crippen LogP contribution in [0.15, 0.2) is 16.0 Å². The molecule has 0 aliphatic carbocycles. The second-order valence-corrected chi connectivity index (χ2v) is 5.87. The van der Waals surface area contributed by atoms with E-state index in [2.05, 4.69) is 4.98 Å². The van der Waals surface area contributed by atoms with Gasteiger partial charge < -0.3 is 5.11 Å². The second kappa shape index (κ2) is 5.75. The average Bonchev–Trinajstić information content (AvgIpc) is 2.80. The number of rotatable bonds is 5. The van der Waals surface area contributed by atoms with Gasteiger partial charge in [-0.05, 0) is 18.7 Å². The number of fused-ring (bicyclic) bond motifs is 1. The van der Waals surface area contributed by atoms with Gasteiger partial charge in [0.1, 0.15) is 4.83 Å². The van der Waals surface area contributed by atoms with Crippen LogP contribution in [0, 0.1) is 0 Å². The summed E-state index contributed by atoms with van der Waals surface area (Å²) in [6.45, 7) is 2.19. The van der Waals surface area contributed by atoms with E-state index in [4.69, 9.17) is 5.11 Å². The Balaban J connectivity index is 2.57. The van der Waals surface area contributed by atoms with Crippen molar-refractivity contribution < 1.29 is 9.90 Å². The van der Waals surface area contributed by atoms with Gasteiger partial charge in [0.15, 0.2) is 5.16 Å². The summed E-state index contributed by atoms with van der Waals surface area (Å²) in [6.07, 6.45) is 2.62. The molecule has 0 fully saturated rings. The van der Waals surface area contributed by atoms with E-state index in [9.17, 15) is 9.59 Å². The minimum absolute atomic E-state index is 0.0780. The molecule has 0 saturated heterocycles. The molecule has 0 atom stereocenters. The summed E-state index contributed by atoms with van der Waals surface area (Å²) < 4.78 is 1.45. The summed E-state index contributed by atoms with van der Waals surface area (Å²) >= 11 is 2.88. The fourth-order valence-electron chi connectivity index (χ4n) is 1.78. The maximum Gasteiger partial charge on any atom is 0.305 e. The lowest BCUT2D eigenvalue weighted by Crippen LogP contribution is -2.23. The maximum absolute atomic E-state index is 12.4. The molecule has 2 aromatic heterocycles. The van der Waals surface area contributed by atoms with Crippen LogP contribution in [0.5, 0.6) is 0 Å². The van der Waals surface area contributed by atoms with E-state index in [0.29, 0.717) is 10.5 Å². The highest BCUT2D eigenvalue weighted by Gasteiger charge is 2.13. The molecule has 0 aliphatic rings. The van der Waals surface area contributed by atoms with Crippen molar-refractivity contribution in [2.24, 2.45) is 0 Å². The number of hydrogen-bond donors (Lipinski definition) is 1. The van der Waals surface area contributed by atoms with Gasteiger partial charge in [0.25, 0.3) is 5.56 Å². The Kier molecular flexibility index (Phi) is 4.26. The first-order valence-electron chi connectivity index (χ1n) is 5.85. The Bertz CT molecular complexity index is 675. The first-order valence-corrected chi connectivity index (χ1v) is 7.90. The molecular formula is C12H14N2O3S2. The molecular weight excluding hydrogens is 284 g/mol. The van der Waals surface area contributed by atoms with Crippen molar-refractivity contribution in [3.05, 3.63) is 21.3 Å². The van der Waals surface area contributed by atoms with Crippen molar-refractivity contribution in [2.45, 2.75) is 31.5 Å². The zero-order chi connectivity index (χ0) is 14.0. The summed E-state index contributed by atoms with van der Waals surface area (Å²) in [5.74, 6) is -0.918. The minimum atomic E-state index is -0.918. The summed E-state index contributed by atoms with van der Waals surface area (Å²) in [7, 11) is 0. The van der Waals surface area contributed by atoms with Gasteiger partial charge in [0.2, 0.25) is 0 Å². The van der Waals surface area contributed by atoms with Gasteiger partial charge in [-0.2, -0.15) is 0 Å². The lowest BCUT2D eigenvalue weighted by atomic mass is 10.3. The number of aromatic nitrogens is 2. The second-order valence-electron chi connectivity index (χ2n) is 3.98. The Morgan fingerprint density at radius 1 is 1.58 bits per heavy atom. The predicted molar refractivity (Wildman–Crippen MR) is 77.3 cm³/mol. The van der Waals surface area contributed by atoms with E-state index in [-0.39, 0.29) is 18.5 Å². The molecule has 0 radical (unpaired) electrons. The summed E-state index contributed by atoms with van der Waals surface area (Å²) in [4.78, 5) is 29.3. The molecule has 2 aromatic rings. The van der Waals surface area contributed by atoms with Crippen LogP contribution in [0.3, 0.4) is 0 Å². The number of carbonyl (C=O) groups is 1. The molecule has 0 spiro atoms. The maximum atomic E-state index is 12.4. The van der Waals surface area contributed by atoms with E-state index < -0.39 is 5.97 Å². The number of nitrogens with zero attached hydrogens (tertiary/aromatic N) is 2. The lowest BCUT2D eigenvalue weighted by Gasteiger charge is -2.08. The van der Waals surface area contributed by atoms with Gasteiger partial charge in [-0.25, -0.2) is 4.98 Å². The number of carboxylic acid groups (broad SMARTS) is 1. The molecule has 1 N–H and O–H groups in total. The Hall–Kier alpha value is -1.34. The number of aryl methyl sites for hydroxylation is 1. The summed E-state index contributed by atoms with van der Waals surface area (Å²) in [5.41, 5.74) is -0.147. The fourth-order valence-corrected chi connectivity index (χ4v) is 3.37. The summed E-state index contributed by atoms with van der Waals surface area (Å²) in [5, 5.41) is 9.90. The Morgan fingerprint density at radius 3 is 2.89 bits per heavy atom. The number of aliphatic carboxylic acids is 1. The monoisotopic (exact) mass is 298 g/mol. The molecule has 0 aromatic carbocycles. The number of thioether (sulfide) groups is 1. The highest BCUT2D eigenvalue weighted by atomic mass is 32.2. The number of carboxylic acids is 1. The van der Waals surface area contributed by atoms with Gasteiger partial charge in [-0.15, -0.1) is 11.3 Å². The smallest absolute Gasteiger partial charge is 0.305 e. The van der Waals surface area contributed by atoms with Crippen molar-refractivity contribution >= 4 is 39.3 Å². The molecule has 0 unspecified atom stereocenters. The van der Waals surface area contributed by atoms with Crippen LogP contribution < -0.4 is 5.56 Å². The topological polar surface area (TPSA) is 72.2 Å². The highest BCUT2D eigenvalue weighted by molar-refractivity contribution is 7.98. The van der Waals surface area contributed by atoms with Crippen LogP contribution in [0.1, 0.15) is 18.2 Å². The Morgan fingerprint density at radius 2 is 2.32 bits per heavy atom. The van der Waals surface area contributed by atoms with Gasteiger partial charge in [0.05, 0.1) is 11.8 Å². The van der Waals surface area contributed by atoms with Crippen LogP contribution in [0.4, 0.5) is 0 Å². The third-order valence-corrected chi connectivity index (χ3v) is 4.60. The van der Waals surface area contributed by atoms with Crippen molar-refractivity contribution in [2.75, 3.05) is 6.26 Å². The first kappa shape index (κ1) is 14.1. The average molecular weight is 298 g/mol. The van der Waals surface area contributed by atoms with Crippen LogP contribution in [0.25, 0.3) is 10.2 Å². The van der Waals surface area contributed by atoms with Crippen molar-refractivity contribution in [1.82, 2.24) is 9.55 Å². The molecule has 0 saturated carbocycles. The normalized spacial score (nSPS) is 11.1. The van der Waals surface area contributed by atoms with E-state index >= 15 is 0 Å². The standard InChI is InChI=1S/C12H14N2O3S2/c1-3-7-6-8-10(19-7)13-12(18-2)14(11(8)17)5-4-9(15)16/h6H,3-5H2,1-2H3,(H,15,16). The minimum Gasteiger partial charge on any atom is -0.481 e.